The lowest BCUT2D eigenvalue weighted by molar-refractivity contribution is 0.412. The van der Waals surface area contributed by atoms with Gasteiger partial charge in [0.05, 0.1) is 7.11 Å². The van der Waals surface area contributed by atoms with Crippen LogP contribution in [0, 0.1) is 5.92 Å². The Labute approximate surface area is 112 Å². The van der Waals surface area contributed by atoms with Crippen LogP contribution in [0.3, 0.4) is 0 Å². The number of aromatic nitrogens is 1. The molecule has 3 rings (SSSR count). The molecule has 1 aliphatic carbocycles. The third-order valence-corrected chi connectivity index (χ3v) is 4.23. The molecular formula is C14H17ClN2O. The Balaban J connectivity index is 1.96. The SMILES string of the molecule is COc1cc(C2=CCC[C@@H]3CCN[C@H]23)cnc1Cl. The molecule has 4 heteroatoms. The van der Waals surface area contributed by atoms with Gasteiger partial charge in [0.2, 0.25) is 0 Å². The topological polar surface area (TPSA) is 34.1 Å². The standard InChI is InChI=1S/C14H17ClN2O/c1-18-12-7-10(8-17-14(12)15)11-4-2-3-9-5-6-16-13(9)11/h4,7-9,13,16H,2-3,5-6H2,1H3/t9-,13+/m1/s1. The number of hydrogen-bond donors (Lipinski definition) is 1. The summed E-state index contributed by atoms with van der Waals surface area (Å²) < 4.78 is 5.25. The van der Waals surface area contributed by atoms with Crippen molar-refractivity contribution in [2.24, 2.45) is 5.92 Å². The summed E-state index contributed by atoms with van der Waals surface area (Å²) in [7, 11) is 1.62. The van der Waals surface area contributed by atoms with E-state index in [0.717, 1.165) is 24.4 Å². The number of methoxy groups -OCH3 is 1. The first kappa shape index (κ1) is 12.0. The zero-order valence-electron chi connectivity index (χ0n) is 10.4. The van der Waals surface area contributed by atoms with E-state index in [1.807, 2.05) is 12.3 Å². The van der Waals surface area contributed by atoms with Crippen molar-refractivity contribution in [3.8, 4) is 5.75 Å². The minimum atomic E-state index is 0.425. The molecule has 18 heavy (non-hydrogen) atoms. The monoisotopic (exact) mass is 264 g/mol. The summed E-state index contributed by atoms with van der Waals surface area (Å²) in [6.45, 7) is 1.12. The molecule has 1 N–H and O–H groups in total. The van der Waals surface area contributed by atoms with Crippen molar-refractivity contribution < 1.29 is 4.74 Å². The molecule has 3 nitrogen and oxygen atoms in total. The highest BCUT2D eigenvalue weighted by Gasteiger charge is 2.32. The van der Waals surface area contributed by atoms with Gasteiger partial charge >= 0.3 is 0 Å². The van der Waals surface area contributed by atoms with Crippen LogP contribution in [0.2, 0.25) is 5.15 Å². The van der Waals surface area contributed by atoms with Crippen LogP contribution in [-0.4, -0.2) is 24.7 Å². The van der Waals surface area contributed by atoms with Crippen LogP contribution in [0.25, 0.3) is 5.57 Å². The first-order chi connectivity index (χ1) is 8.79. The molecule has 0 bridgehead atoms. The molecule has 1 saturated heterocycles. The van der Waals surface area contributed by atoms with Crippen LogP contribution in [0.1, 0.15) is 24.8 Å². The van der Waals surface area contributed by atoms with Crippen LogP contribution >= 0.6 is 11.6 Å². The van der Waals surface area contributed by atoms with Gasteiger partial charge in [-0.2, -0.15) is 0 Å². The number of nitrogens with one attached hydrogen (secondary N) is 1. The van der Waals surface area contributed by atoms with Gasteiger partial charge in [-0.1, -0.05) is 17.7 Å². The van der Waals surface area contributed by atoms with Gasteiger partial charge in [-0.25, -0.2) is 4.98 Å². The van der Waals surface area contributed by atoms with E-state index in [9.17, 15) is 0 Å². The molecule has 2 aliphatic rings. The molecular weight excluding hydrogens is 248 g/mol. The van der Waals surface area contributed by atoms with Gasteiger partial charge in [0, 0.05) is 17.8 Å². The lowest BCUT2D eigenvalue weighted by Gasteiger charge is -2.27. The third kappa shape index (κ3) is 2.02. The van der Waals surface area contributed by atoms with Crippen molar-refractivity contribution in [2.45, 2.75) is 25.3 Å². The van der Waals surface area contributed by atoms with Crippen LogP contribution in [0.4, 0.5) is 0 Å². The molecule has 0 unspecified atom stereocenters. The molecule has 0 radical (unpaired) electrons. The van der Waals surface area contributed by atoms with E-state index < -0.39 is 0 Å². The molecule has 1 aromatic rings. The summed E-state index contributed by atoms with van der Waals surface area (Å²) in [5.41, 5.74) is 2.48. The highest BCUT2D eigenvalue weighted by Crippen LogP contribution is 2.37. The number of allylic oxidation sites excluding steroid dienone is 1. The van der Waals surface area contributed by atoms with Crippen molar-refractivity contribution in [3.05, 3.63) is 29.1 Å². The zero-order chi connectivity index (χ0) is 12.5. The predicted molar refractivity (Wildman–Crippen MR) is 72.9 cm³/mol. The first-order valence-corrected chi connectivity index (χ1v) is 6.80. The molecule has 1 fully saturated rings. The summed E-state index contributed by atoms with van der Waals surface area (Å²) in [5.74, 6) is 1.42. The fourth-order valence-electron chi connectivity index (χ4n) is 3.04. The highest BCUT2D eigenvalue weighted by molar-refractivity contribution is 6.30. The van der Waals surface area contributed by atoms with E-state index in [0.29, 0.717) is 16.9 Å². The maximum Gasteiger partial charge on any atom is 0.171 e. The fraction of sp³-hybridized carbons (Fsp3) is 0.500. The zero-order valence-corrected chi connectivity index (χ0v) is 11.2. The van der Waals surface area contributed by atoms with Crippen LogP contribution < -0.4 is 10.1 Å². The Morgan fingerprint density at radius 3 is 3.17 bits per heavy atom. The molecule has 0 spiro atoms. The molecule has 1 aliphatic heterocycles. The summed E-state index contributed by atoms with van der Waals surface area (Å²) in [4.78, 5) is 4.21. The number of ether oxygens (including phenoxy) is 1. The van der Waals surface area contributed by atoms with Gasteiger partial charge in [0.15, 0.2) is 10.9 Å². The van der Waals surface area contributed by atoms with Gasteiger partial charge in [-0.15, -0.1) is 0 Å². The molecule has 96 valence electrons. The van der Waals surface area contributed by atoms with Crippen molar-refractivity contribution in [1.29, 1.82) is 0 Å². The van der Waals surface area contributed by atoms with Gasteiger partial charge in [0.25, 0.3) is 0 Å². The van der Waals surface area contributed by atoms with Gasteiger partial charge < -0.3 is 10.1 Å². The van der Waals surface area contributed by atoms with E-state index in [1.165, 1.54) is 18.4 Å². The Kier molecular flexibility index (Phi) is 3.27. The van der Waals surface area contributed by atoms with Crippen molar-refractivity contribution >= 4 is 17.2 Å². The van der Waals surface area contributed by atoms with Crippen LogP contribution in [0.5, 0.6) is 5.75 Å². The van der Waals surface area contributed by atoms with E-state index in [1.54, 1.807) is 7.11 Å². The molecule has 2 heterocycles. The van der Waals surface area contributed by atoms with Crippen molar-refractivity contribution in [3.63, 3.8) is 0 Å². The second-order valence-electron chi connectivity index (χ2n) is 4.93. The lowest BCUT2D eigenvalue weighted by Crippen LogP contribution is -2.30. The molecule has 0 amide bonds. The molecule has 0 saturated carbocycles. The number of rotatable bonds is 2. The van der Waals surface area contributed by atoms with Crippen molar-refractivity contribution in [1.82, 2.24) is 10.3 Å². The van der Waals surface area contributed by atoms with Crippen LogP contribution in [-0.2, 0) is 0 Å². The van der Waals surface area contributed by atoms with E-state index >= 15 is 0 Å². The average molecular weight is 265 g/mol. The second-order valence-corrected chi connectivity index (χ2v) is 5.29. The maximum absolute atomic E-state index is 5.98. The smallest absolute Gasteiger partial charge is 0.171 e. The normalized spacial score (nSPS) is 26.7. The number of hydrogen-bond acceptors (Lipinski definition) is 3. The average Bonchev–Trinajstić information content (AvgIpc) is 2.87. The van der Waals surface area contributed by atoms with Gasteiger partial charge in [-0.3, -0.25) is 0 Å². The first-order valence-electron chi connectivity index (χ1n) is 6.43. The van der Waals surface area contributed by atoms with Crippen molar-refractivity contribution in [2.75, 3.05) is 13.7 Å². The minimum absolute atomic E-state index is 0.425. The Morgan fingerprint density at radius 1 is 1.44 bits per heavy atom. The quantitative estimate of drug-likeness (QED) is 0.834. The Hall–Kier alpha value is -1.06. The van der Waals surface area contributed by atoms with Crippen LogP contribution in [0.15, 0.2) is 18.3 Å². The number of pyridine rings is 1. The van der Waals surface area contributed by atoms with E-state index in [4.69, 9.17) is 16.3 Å². The fourth-order valence-corrected chi connectivity index (χ4v) is 3.22. The summed E-state index contributed by atoms with van der Waals surface area (Å²) in [6, 6.07) is 2.47. The van der Waals surface area contributed by atoms with E-state index in [-0.39, 0.29) is 0 Å². The predicted octanol–water partition coefficient (Wildman–Crippen LogP) is 2.90. The molecule has 2 atom stereocenters. The third-order valence-electron chi connectivity index (χ3n) is 3.95. The summed E-state index contributed by atoms with van der Waals surface area (Å²) in [6.07, 6.45) is 7.89. The Bertz CT molecular complexity index is 487. The summed E-state index contributed by atoms with van der Waals surface area (Å²) >= 11 is 5.98. The largest absolute Gasteiger partial charge is 0.494 e. The number of nitrogens with zero attached hydrogens (tertiary/aromatic N) is 1. The van der Waals surface area contributed by atoms with Gasteiger partial charge in [-0.05, 0) is 43.4 Å². The number of fused-ring (bicyclic) bond motifs is 1. The lowest BCUT2D eigenvalue weighted by atomic mass is 9.82. The second kappa shape index (κ2) is 4.90. The minimum Gasteiger partial charge on any atom is -0.494 e. The Morgan fingerprint density at radius 2 is 2.33 bits per heavy atom. The maximum atomic E-state index is 5.98. The number of halogens is 1. The molecule has 0 aromatic carbocycles. The van der Waals surface area contributed by atoms with Gasteiger partial charge in [0.1, 0.15) is 0 Å². The van der Waals surface area contributed by atoms with E-state index in [2.05, 4.69) is 16.4 Å². The molecule has 1 aromatic heterocycles. The highest BCUT2D eigenvalue weighted by atomic mass is 35.5. The summed E-state index contributed by atoms with van der Waals surface area (Å²) in [5, 5.41) is 4.01.